The number of halogens is 2. The second-order valence-electron chi connectivity index (χ2n) is 32.6. The van der Waals surface area contributed by atoms with Gasteiger partial charge in [-0.3, -0.25) is 33.7 Å². The minimum Gasteiger partial charge on any atom is -0.508 e. The zero-order chi connectivity index (χ0) is 94.7. The molecule has 40 heteroatoms. The number of carboxylic acids is 2. The molecule has 0 aromatic heterocycles. The summed E-state index contributed by atoms with van der Waals surface area (Å²) in [4.78, 5) is 126. The Hall–Kier alpha value is -13.3. The van der Waals surface area contributed by atoms with Crippen molar-refractivity contribution >= 4 is 70.6 Å². The Balaban J connectivity index is 0.937. The van der Waals surface area contributed by atoms with E-state index in [9.17, 15) is 76.0 Å². The quantitative estimate of drug-likeness (QED) is 0.0348. The van der Waals surface area contributed by atoms with Crippen LogP contribution in [0, 0.1) is 0 Å². The molecule has 8 heterocycles. The first kappa shape index (κ1) is 94.3. The van der Waals surface area contributed by atoms with E-state index in [-0.39, 0.29) is 41.5 Å². The van der Waals surface area contributed by atoms with E-state index in [0.29, 0.717) is 41.4 Å². The monoisotopic (exact) mass is 1870 g/mol. The topological polar surface area (TPSA) is 570 Å². The molecule has 0 saturated carbocycles. The number of hydrogen-bond acceptors (Lipinski definition) is 30. The lowest BCUT2D eigenvalue weighted by Gasteiger charge is -2.41. The molecule has 20 N–H and O–H groups in total. The standard InChI is InChI=1S/C93H94Cl2N8O30/c1-4-6-26-125-49-17-10-42(11-18-49)38-96-74-78(111)80(113)83(91(123)124)133-92(74)132-82-64-32-47-33-65(82)129-61-25-16-46(30-56(61)94)76(109)73-88(119)101-72(90(121)122)54-34-48(105)35-63(130-93-81(114)79(112)77(110)66(40-104)131-93)67(54)53-29-44(14-23-58(53)106)69(85(116)102-73)98-86(117)70(47)99-87(118)71-55-36-52(37-60(108)68(55)95)128-62-31-45(15-24-59(62)107)75(103(3)39-43-12-19-50(20-13-43)126-27-7-5-2)89(120)97-57(84(115)100-71)28-41-8-21-51(127-64)22-9-41/h8-25,29-37,57,66,69-81,83,92-93,96,104-114H,4-7,26-28,38-40H2,1-3H3,(H,97,120)(H,98,117)(H,99,118)(H,100,115)(H,101,119)(H,102,116)(H,121,122)(H,123,124)/t57-,66-,69-,70-,71+,72+,73?,74?,75-,76-,77-,78-,79+,80?,81+,83?,92-,93+/m1/s1. The number of likely N-dealkylation sites (N-methyl/N-ethyl adjacent to an activating group) is 1. The molecule has 17 rings (SSSR count). The van der Waals surface area contributed by atoms with Crippen molar-refractivity contribution in [1.82, 2.24) is 42.1 Å². The molecule has 0 aliphatic carbocycles. The second-order valence-corrected chi connectivity index (χ2v) is 33.4. The number of carbonyl (C=O) groups excluding carboxylic acids is 6. The van der Waals surface area contributed by atoms with Gasteiger partial charge in [0, 0.05) is 53.9 Å². The van der Waals surface area contributed by atoms with Gasteiger partial charge in [0.25, 0.3) is 0 Å². The van der Waals surface area contributed by atoms with Crippen LogP contribution in [0.15, 0.2) is 164 Å². The number of nitrogens with zero attached hydrogens (tertiary/aromatic N) is 1. The summed E-state index contributed by atoms with van der Waals surface area (Å²) in [7, 11) is 1.62. The number of unbranched alkanes of at least 4 members (excludes halogenated alkanes) is 2. The third kappa shape index (κ3) is 20.5. The van der Waals surface area contributed by atoms with Crippen LogP contribution in [0.2, 0.25) is 10.0 Å². The average molecular weight is 1870 g/mol. The molecule has 4 unspecified atom stereocenters. The molecule has 38 nitrogen and oxygen atoms in total. The minimum atomic E-state index is -2.47. The number of aliphatic carboxylic acids is 2. The summed E-state index contributed by atoms with van der Waals surface area (Å²) in [5.41, 5.74) is -1.95. The van der Waals surface area contributed by atoms with Crippen LogP contribution in [0.1, 0.15) is 126 Å². The zero-order valence-electron chi connectivity index (χ0n) is 71.0. The summed E-state index contributed by atoms with van der Waals surface area (Å²) < 4.78 is 56.6. The van der Waals surface area contributed by atoms with E-state index >= 15 is 28.8 Å². The zero-order valence-corrected chi connectivity index (χ0v) is 72.5. The molecule has 133 heavy (non-hydrogen) atoms. The number of phenols is 4. The van der Waals surface area contributed by atoms with E-state index in [1.165, 1.54) is 42.5 Å². The van der Waals surface area contributed by atoms with Crippen LogP contribution >= 0.6 is 23.2 Å². The van der Waals surface area contributed by atoms with Gasteiger partial charge in [-0.25, -0.2) is 9.59 Å². The fourth-order valence-corrected chi connectivity index (χ4v) is 16.7. The van der Waals surface area contributed by atoms with Gasteiger partial charge in [0.1, 0.15) is 131 Å². The fraction of sp³-hybridized carbons (Fsp3) is 0.333. The largest absolute Gasteiger partial charge is 0.508 e. The van der Waals surface area contributed by atoms with Crippen LogP contribution in [-0.4, -0.2) is 219 Å². The Morgan fingerprint density at radius 1 is 0.511 bits per heavy atom. The number of phenolic OH excluding ortho intramolecular Hbond substituents is 4. The first-order valence-corrected chi connectivity index (χ1v) is 43.1. The highest BCUT2D eigenvalue weighted by Gasteiger charge is 2.51. The molecule has 0 spiro atoms. The smallest absolute Gasteiger partial charge is 0.335 e. The fourth-order valence-electron chi connectivity index (χ4n) is 16.3. The summed E-state index contributed by atoms with van der Waals surface area (Å²) >= 11 is 14.4. The summed E-state index contributed by atoms with van der Waals surface area (Å²) in [6.07, 6.45) is -18.1. The molecule has 2 saturated heterocycles. The number of amides is 6. The van der Waals surface area contributed by atoms with Gasteiger partial charge in [-0.15, -0.1) is 0 Å². The van der Waals surface area contributed by atoms with Gasteiger partial charge in [-0.1, -0.05) is 104 Å². The number of benzene rings is 9. The number of rotatable bonds is 21. The maximum Gasteiger partial charge on any atom is 0.335 e. The normalized spacial score (nSPS) is 25.2. The Labute approximate surface area is 767 Å². The molecule has 8 aliphatic heterocycles. The van der Waals surface area contributed by atoms with E-state index in [2.05, 4.69) is 37.2 Å². The number of fused-ring (bicyclic) bond motifs is 14. The number of ether oxygens (including phenoxy) is 9. The molecule has 6 amide bonds. The van der Waals surface area contributed by atoms with Crippen LogP contribution in [-0.2, 0) is 67.3 Å². The third-order valence-electron chi connectivity index (χ3n) is 23.4. The highest BCUT2D eigenvalue weighted by Crippen LogP contribution is 2.51. The molecule has 9 aromatic rings. The number of aromatic hydroxyl groups is 4. The predicted molar refractivity (Wildman–Crippen MR) is 467 cm³/mol. The van der Waals surface area contributed by atoms with Crippen LogP contribution in [0.25, 0.3) is 11.1 Å². The number of hydrogen-bond donors (Lipinski definition) is 20. The SMILES string of the molecule is CCCCOc1ccc(CNC2[C@H](Oc3c4cc5cc3Oc3ccc(cc3Cl)[C@@H](O)C3NC(=O)[C@H](NC(=O)[C@@H]5NC(=O)[C@H]5NC(=O)[C@@H](Cc6ccc(cc6)O4)NC(=O)[C@H](N(C)Cc4ccc(OCCCC)cc4)c4ccc(O)c(c4)Oc4cc(O)c(Cl)c5c4)c4ccc(O)c(c4)-c4c(O[C@H]5O[C@H](CO)[C@@H](O)[C@H](O)[C@@H]5O)cc(O)cc4[C@@H](C(=O)O)NC3=O)OC(C(=O)O)C(O)[C@@H]2O)cc1. The van der Waals surface area contributed by atoms with E-state index in [4.69, 9.17) is 65.8 Å². The third-order valence-corrected chi connectivity index (χ3v) is 24.1. The first-order valence-electron chi connectivity index (χ1n) is 42.4. The molecular weight excluding hydrogens is 1780 g/mol. The van der Waals surface area contributed by atoms with Crippen molar-refractivity contribution in [3.63, 3.8) is 0 Å². The predicted octanol–water partition coefficient (Wildman–Crippen LogP) is 6.35. The maximum atomic E-state index is 16.9. The van der Waals surface area contributed by atoms with Gasteiger partial charge in [-0.05, 0) is 156 Å². The Kier molecular flexibility index (Phi) is 28.7. The lowest BCUT2D eigenvalue weighted by molar-refractivity contribution is -0.277. The van der Waals surface area contributed by atoms with Crippen LogP contribution in [0.3, 0.4) is 0 Å². The molecule has 17 bridgehead atoms. The van der Waals surface area contributed by atoms with Gasteiger partial charge in [0.05, 0.1) is 35.9 Å². The van der Waals surface area contributed by atoms with Gasteiger partial charge >= 0.3 is 11.9 Å². The number of carbonyl (C=O) groups is 8. The van der Waals surface area contributed by atoms with Crippen LogP contribution < -0.4 is 70.4 Å². The Morgan fingerprint density at radius 3 is 1.79 bits per heavy atom. The van der Waals surface area contributed by atoms with E-state index in [1.807, 2.05) is 13.8 Å². The first-order chi connectivity index (χ1) is 63.7. The van der Waals surface area contributed by atoms with Gasteiger partial charge in [0.2, 0.25) is 53.8 Å². The molecule has 700 valence electrons. The van der Waals surface area contributed by atoms with Crippen molar-refractivity contribution in [3.8, 4) is 91.6 Å². The Morgan fingerprint density at radius 2 is 1.13 bits per heavy atom. The molecule has 8 aliphatic rings. The van der Waals surface area contributed by atoms with Gasteiger partial charge < -0.3 is 146 Å². The number of carboxylic acid groups (broad SMARTS) is 2. The summed E-state index contributed by atoms with van der Waals surface area (Å²) in [6, 6.07) is 19.0. The summed E-state index contributed by atoms with van der Waals surface area (Å²) in [5, 5.41) is 167. The molecule has 9 aromatic carbocycles. The van der Waals surface area contributed by atoms with Crippen molar-refractivity contribution in [2.24, 2.45) is 0 Å². The van der Waals surface area contributed by atoms with Crippen molar-refractivity contribution in [2.75, 3.05) is 26.9 Å². The Bertz CT molecular complexity index is 5900. The molecule has 18 atom stereocenters. The summed E-state index contributed by atoms with van der Waals surface area (Å²) in [5.74, 6) is -17.4. The maximum absolute atomic E-state index is 16.9. The van der Waals surface area contributed by atoms with E-state index < -0.39 is 265 Å². The van der Waals surface area contributed by atoms with Crippen molar-refractivity contribution in [2.45, 2.75) is 169 Å². The van der Waals surface area contributed by atoms with Crippen molar-refractivity contribution in [1.29, 1.82) is 0 Å². The number of nitrogens with one attached hydrogen (secondary N) is 7. The lowest BCUT2D eigenvalue weighted by Crippen LogP contribution is -2.65. The average Bonchev–Trinajstić information content (AvgIpc) is 0.766. The number of aliphatic hydroxyl groups is 7. The van der Waals surface area contributed by atoms with E-state index in [1.54, 1.807) is 60.5 Å². The lowest BCUT2D eigenvalue weighted by atomic mass is 9.89. The van der Waals surface area contributed by atoms with Crippen molar-refractivity contribution in [3.05, 3.63) is 224 Å². The van der Waals surface area contributed by atoms with Gasteiger partial charge in [0.15, 0.2) is 35.1 Å². The molecule has 2 fully saturated rings. The van der Waals surface area contributed by atoms with Crippen LogP contribution in [0.4, 0.5) is 0 Å². The van der Waals surface area contributed by atoms with Gasteiger partial charge in [-0.2, -0.15) is 0 Å². The number of aliphatic hydroxyl groups excluding tert-OH is 7. The highest BCUT2D eigenvalue weighted by atomic mass is 35.5. The summed E-state index contributed by atoms with van der Waals surface area (Å²) in [6.45, 7) is 3.84. The highest BCUT2D eigenvalue weighted by molar-refractivity contribution is 6.33. The van der Waals surface area contributed by atoms with Crippen molar-refractivity contribution < 1.29 is 147 Å². The van der Waals surface area contributed by atoms with Crippen LogP contribution in [0.5, 0.6) is 80.5 Å². The van der Waals surface area contributed by atoms with E-state index in [0.717, 1.165) is 98.5 Å². The second kappa shape index (κ2) is 40.4. The molecular formula is C93H94Cl2N8O30. The minimum absolute atomic E-state index is 0.0620. The molecule has 0 radical (unpaired) electrons.